The first-order valence-electron chi connectivity index (χ1n) is 12.1. The van der Waals surface area contributed by atoms with Crippen LogP contribution < -0.4 is 0 Å². The average Bonchev–Trinajstić information content (AvgIpc) is 3.41. The number of aryl methyl sites for hydroxylation is 1. The van der Waals surface area contributed by atoms with Crippen molar-refractivity contribution in [3.63, 3.8) is 0 Å². The third-order valence-electron chi connectivity index (χ3n) is 6.84. The molecule has 0 saturated carbocycles. The van der Waals surface area contributed by atoms with Gasteiger partial charge in [-0.3, -0.25) is 4.98 Å². The van der Waals surface area contributed by atoms with Gasteiger partial charge in [0.2, 0.25) is 0 Å². The van der Waals surface area contributed by atoms with Crippen LogP contribution >= 0.6 is 24.2 Å². The van der Waals surface area contributed by atoms with E-state index in [0.29, 0.717) is 0 Å². The smallest absolute Gasteiger partial charge is 0.191 e. The average molecular weight is 521 g/mol. The van der Waals surface area contributed by atoms with Gasteiger partial charge in [-0.2, -0.15) is 0 Å². The van der Waals surface area contributed by atoms with Gasteiger partial charge in [0.05, 0.1) is 5.52 Å². The van der Waals surface area contributed by atoms with Crippen LogP contribution in [0.3, 0.4) is 0 Å². The van der Waals surface area contributed by atoms with Crippen LogP contribution in [0.2, 0.25) is 0 Å². The van der Waals surface area contributed by atoms with Gasteiger partial charge in [0.15, 0.2) is 23.0 Å². The van der Waals surface area contributed by atoms with E-state index in [2.05, 4.69) is 60.9 Å². The molecular formula is C27H29ClN6OS. The van der Waals surface area contributed by atoms with Gasteiger partial charge in [-0.25, -0.2) is 4.98 Å². The second kappa shape index (κ2) is 10.6. The molecule has 0 spiro atoms. The fraction of sp³-hybridized carbons (Fsp3) is 0.333. The predicted molar refractivity (Wildman–Crippen MR) is 147 cm³/mol. The predicted octanol–water partition coefficient (Wildman–Crippen LogP) is 5.48. The molecule has 1 aliphatic rings. The highest BCUT2D eigenvalue weighted by molar-refractivity contribution is 7.99. The number of hydrogen-bond donors (Lipinski definition) is 0. The Morgan fingerprint density at radius 3 is 2.69 bits per heavy atom. The summed E-state index contributed by atoms with van der Waals surface area (Å²) in [5, 5.41) is 11.1. The van der Waals surface area contributed by atoms with E-state index in [1.54, 1.807) is 11.8 Å². The molecule has 0 atom stereocenters. The van der Waals surface area contributed by atoms with Gasteiger partial charge in [-0.15, -0.1) is 22.6 Å². The first-order chi connectivity index (χ1) is 17.2. The molecule has 0 radical (unpaired) electrons. The highest BCUT2D eigenvalue weighted by Gasteiger charge is 2.17. The Morgan fingerprint density at radius 2 is 1.83 bits per heavy atom. The maximum atomic E-state index is 5.49. The molecule has 4 heterocycles. The lowest BCUT2D eigenvalue weighted by Crippen LogP contribution is -2.27. The molecule has 7 nitrogen and oxygen atoms in total. The molecule has 0 amide bonds. The summed E-state index contributed by atoms with van der Waals surface area (Å²) in [6.07, 6.45) is 4.78. The third-order valence-corrected chi connectivity index (χ3v) is 7.95. The fourth-order valence-corrected chi connectivity index (χ4v) is 5.76. The molecule has 5 aromatic rings. The highest BCUT2D eigenvalue weighted by Crippen LogP contribution is 2.29. The van der Waals surface area contributed by atoms with Crippen molar-refractivity contribution in [1.29, 1.82) is 0 Å². The number of oxazole rings is 1. The number of hydrogen-bond acceptors (Lipinski definition) is 7. The number of halogens is 1. The quantitative estimate of drug-likeness (QED) is 0.216. The van der Waals surface area contributed by atoms with Crippen molar-refractivity contribution in [2.75, 3.05) is 25.4 Å². The van der Waals surface area contributed by atoms with Crippen LogP contribution in [0.5, 0.6) is 0 Å². The van der Waals surface area contributed by atoms with E-state index in [1.165, 1.54) is 17.5 Å². The van der Waals surface area contributed by atoms with Crippen LogP contribution in [0.1, 0.15) is 23.2 Å². The Hall–Kier alpha value is -2.94. The lowest BCUT2D eigenvalue weighted by Gasteiger charge is -2.19. The largest absolute Gasteiger partial charge is 0.443 e. The monoisotopic (exact) mass is 520 g/mol. The van der Waals surface area contributed by atoms with Gasteiger partial charge in [-0.05, 0) is 68.1 Å². The summed E-state index contributed by atoms with van der Waals surface area (Å²) >= 11 is 1.78. The minimum absolute atomic E-state index is 0. The zero-order valence-corrected chi connectivity index (χ0v) is 22.1. The summed E-state index contributed by atoms with van der Waals surface area (Å²) in [5.41, 5.74) is 7.75. The molecule has 6 rings (SSSR count). The zero-order valence-electron chi connectivity index (χ0n) is 20.5. The number of aromatic nitrogens is 5. The number of benzene rings is 2. The molecule has 1 aliphatic heterocycles. The number of pyridine rings is 1. The molecule has 0 unspecified atom stereocenters. The Balaban J connectivity index is 0.00000267. The number of nitrogens with zero attached hydrogens (tertiary/aromatic N) is 6. The van der Waals surface area contributed by atoms with Crippen molar-refractivity contribution >= 4 is 46.2 Å². The zero-order chi connectivity index (χ0) is 23.8. The minimum atomic E-state index is 0. The maximum absolute atomic E-state index is 5.49. The van der Waals surface area contributed by atoms with Crippen molar-refractivity contribution in [3.8, 4) is 11.4 Å². The van der Waals surface area contributed by atoms with E-state index in [-0.39, 0.29) is 12.4 Å². The van der Waals surface area contributed by atoms with Crippen LogP contribution in [0.25, 0.3) is 33.4 Å². The SMILES string of the molecule is Cc1ccc2c(-c3nnc(SCCCN4CCc5cc6ncoc6cc5CC4)n3C)cccc2n1.Cl. The minimum Gasteiger partial charge on any atom is -0.443 e. The van der Waals surface area contributed by atoms with Gasteiger partial charge < -0.3 is 13.9 Å². The summed E-state index contributed by atoms with van der Waals surface area (Å²) in [4.78, 5) is 11.5. The molecule has 3 aromatic heterocycles. The molecule has 186 valence electrons. The summed E-state index contributed by atoms with van der Waals surface area (Å²) in [6, 6.07) is 14.7. The number of thioether (sulfide) groups is 1. The molecule has 9 heteroatoms. The standard InChI is InChI=1S/C27H28N6OS.ClH/c1-18-7-8-21-22(5-3-6-23(21)29-18)26-30-31-27(32(26)2)35-14-4-11-33-12-9-19-15-24-25(34-17-28-24)16-20(19)10-13-33;/h3,5-8,15-17H,4,9-14H2,1-2H3;1H. The van der Waals surface area contributed by atoms with E-state index in [1.807, 2.05) is 25.1 Å². The second-order valence-electron chi connectivity index (χ2n) is 9.17. The van der Waals surface area contributed by atoms with Crippen molar-refractivity contribution in [2.45, 2.75) is 31.3 Å². The van der Waals surface area contributed by atoms with Gasteiger partial charge in [0.1, 0.15) is 5.52 Å². The van der Waals surface area contributed by atoms with Crippen molar-refractivity contribution in [1.82, 2.24) is 29.6 Å². The van der Waals surface area contributed by atoms with E-state index in [0.717, 1.165) is 88.9 Å². The van der Waals surface area contributed by atoms with Crippen LogP contribution in [0, 0.1) is 6.92 Å². The maximum Gasteiger partial charge on any atom is 0.191 e. The van der Waals surface area contributed by atoms with Crippen LogP contribution in [-0.4, -0.2) is 55.0 Å². The Morgan fingerprint density at radius 1 is 1.00 bits per heavy atom. The molecule has 0 aliphatic carbocycles. The van der Waals surface area contributed by atoms with Gasteiger partial charge >= 0.3 is 0 Å². The van der Waals surface area contributed by atoms with Crippen molar-refractivity contribution < 1.29 is 4.42 Å². The van der Waals surface area contributed by atoms with E-state index < -0.39 is 0 Å². The highest BCUT2D eigenvalue weighted by atomic mass is 35.5. The van der Waals surface area contributed by atoms with Crippen LogP contribution in [0.15, 0.2) is 58.4 Å². The molecule has 0 saturated heterocycles. The molecule has 36 heavy (non-hydrogen) atoms. The van der Waals surface area contributed by atoms with Crippen LogP contribution in [0.4, 0.5) is 0 Å². The van der Waals surface area contributed by atoms with E-state index in [4.69, 9.17) is 4.42 Å². The summed E-state index contributed by atoms with van der Waals surface area (Å²) in [5.74, 6) is 1.90. The topological polar surface area (TPSA) is 72.9 Å². The van der Waals surface area contributed by atoms with Crippen molar-refractivity contribution in [2.24, 2.45) is 7.05 Å². The lowest BCUT2D eigenvalue weighted by atomic mass is 10.0. The van der Waals surface area contributed by atoms with Crippen LogP contribution in [-0.2, 0) is 19.9 Å². The first kappa shape index (κ1) is 24.7. The first-order valence-corrected chi connectivity index (χ1v) is 13.1. The van der Waals surface area contributed by atoms with E-state index in [9.17, 15) is 0 Å². The molecule has 0 bridgehead atoms. The van der Waals surface area contributed by atoms with Gasteiger partial charge in [0, 0.05) is 42.5 Å². The summed E-state index contributed by atoms with van der Waals surface area (Å²) in [6.45, 7) is 5.28. The third kappa shape index (κ3) is 4.85. The second-order valence-corrected chi connectivity index (χ2v) is 10.2. The molecule has 2 aromatic carbocycles. The van der Waals surface area contributed by atoms with Gasteiger partial charge in [-0.1, -0.05) is 30.0 Å². The number of rotatable bonds is 6. The Bertz CT molecular complexity index is 1470. The Labute approximate surface area is 220 Å². The molecule has 0 N–H and O–H groups in total. The lowest BCUT2D eigenvalue weighted by molar-refractivity contribution is 0.289. The molecular weight excluding hydrogens is 492 g/mol. The summed E-state index contributed by atoms with van der Waals surface area (Å²) < 4.78 is 7.60. The van der Waals surface area contributed by atoms with E-state index >= 15 is 0 Å². The number of fused-ring (bicyclic) bond motifs is 3. The molecule has 0 fully saturated rings. The normalized spacial score (nSPS) is 14.1. The summed E-state index contributed by atoms with van der Waals surface area (Å²) in [7, 11) is 2.05. The van der Waals surface area contributed by atoms with Crippen molar-refractivity contribution in [3.05, 3.63) is 65.7 Å². The fourth-order valence-electron chi connectivity index (χ4n) is 4.93. The van der Waals surface area contributed by atoms with Gasteiger partial charge in [0.25, 0.3) is 0 Å². The Kier molecular flexibility index (Phi) is 7.27.